The molecule has 0 saturated heterocycles. The lowest BCUT2D eigenvalue weighted by atomic mass is 9.82. The fourth-order valence-corrected chi connectivity index (χ4v) is 1.84. The molecule has 0 bridgehead atoms. The molecule has 1 aliphatic carbocycles. The van der Waals surface area contributed by atoms with Crippen molar-refractivity contribution < 1.29 is 9.59 Å². The van der Waals surface area contributed by atoms with Crippen LogP contribution in [0.2, 0.25) is 0 Å². The zero-order chi connectivity index (χ0) is 12.4. The highest BCUT2D eigenvalue weighted by atomic mass is 16.2. The molecule has 0 radical (unpaired) electrons. The third kappa shape index (κ3) is 1.78. The van der Waals surface area contributed by atoms with Crippen LogP contribution in [0, 0.1) is 0 Å². The number of benzene rings is 1. The molecular formula is C15H12O2. The molecule has 0 spiro atoms. The summed E-state index contributed by atoms with van der Waals surface area (Å²) in [6.07, 6.45) is 5.51. The van der Waals surface area contributed by atoms with Gasteiger partial charge in [-0.2, -0.15) is 0 Å². The van der Waals surface area contributed by atoms with E-state index in [0.717, 1.165) is 11.1 Å². The number of hydrogen-bond acceptors (Lipinski definition) is 2. The zero-order valence-corrected chi connectivity index (χ0v) is 9.57. The van der Waals surface area contributed by atoms with Crippen molar-refractivity contribution in [1.29, 1.82) is 0 Å². The molecule has 1 aromatic carbocycles. The van der Waals surface area contributed by atoms with Gasteiger partial charge in [0.05, 0.1) is 0 Å². The van der Waals surface area contributed by atoms with Crippen LogP contribution in [0.5, 0.6) is 0 Å². The Morgan fingerprint density at radius 2 is 1.71 bits per heavy atom. The second-order valence-corrected chi connectivity index (χ2v) is 3.79. The van der Waals surface area contributed by atoms with E-state index < -0.39 is 11.6 Å². The van der Waals surface area contributed by atoms with Crippen LogP contribution in [-0.2, 0) is 4.79 Å². The molecule has 0 N–H and O–H groups in total. The third-order valence-corrected chi connectivity index (χ3v) is 2.72. The summed E-state index contributed by atoms with van der Waals surface area (Å²) in [5, 5.41) is 0. The molecule has 1 aliphatic rings. The molecule has 1 aromatic rings. The lowest BCUT2D eigenvalue weighted by Gasteiger charge is -2.18. The van der Waals surface area contributed by atoms with E-state index >= 15 is 0 Å². The van der Waals surface area contributed by atoms with Crippen LogP contribution >= 0.6 is 0 Å². The monoisotopic (exact) mass is 224 g/mol. The number of Topliss-reactive ketones (excluding diaryl/α,β-unsaturated/α-hetero) is 2. The molecule has 2 nitrogen and oxygen atoms in total. The molecule has 2 heteroatoms. The van der Waals surface area contributed by atoms with Crippen LogP contribution in [0.4, 0.5) is 0 Å². The van der Waals surface area contributed by atoms with E-state index in [1.165, 1.54) is 0 Å². The maximum atomic E-state index is 11.8. The van der Waals surface area contributed by atoms with Crippen LogP contribution in [0.3, 0.4) is 0 Å². The number of hydrogen-bond donors (Lipinski definition) is 0. The summed E-state index contributed by atoms with van der Waals surface area (Å²) >= 11 is 0. The van der Waals surface area contributed by atoms with E-state index in [1.807, 2.05) is 37.3 Å². The van der Waals surface area contributed by atoms with Gasteiger partial charge in [-0.25, -0.2) is 0 Å². The van der Waals surface area contributed by atoms with Crippen molar-refractivity contribution in [2.24, 2.45) is 0 Å². The summed E-state index contributed by atoms with van der Waals surface area (Å²) in [5.74, 6) is -0.984. The van der Waals surface area contributed by atoms with Gasteiger partial charge in [-0.05, 0) is 18.1 Å². The van der Waals surface area contributed by atoms with Gasteiger partial charge < -0.3 is 0 Å². The van der Waals surface area contributed by atoms with E-state index in [-0.39, 0.29) is 5.57 Å². The number of carbonyl (C=O) groups excluding carboxylic acids is 2. The molecule has 0 heterocycles. The predicted octanol–water partition coefficient (Wildman–Crippen LogP) is 2.97. The molecule has 0 saturated carbocycles. The fourth-order valence-electron chi connectivity index (χ4n) is 1.84. The second-order valence-electron chi connectivity index (χ2n) is 3.79. The Bertz CT molecular complexity index is 574. The van der Waals surface area contributed by atoms with Crippen LogP contribution in [-0.4, -0.2) is 11.6 Å². The van der Waals surface area contributed by atoms with E-state index in [9.17, 15) is 9.59 Å². The Hall–Kier alpha value is -2.22. The van der Waals surface area contributed by atoms with E-state index in [4.69, 9.17) is 0 Å². The smallest absolute Gasteiger partial charge is 0.234 e. The molecular weight excluding hydrogens is 212 g/mol. The largest absolute Gasteiger partial charge is 0.285 e. The van der Waals surface area contributed by atoms with Crippen molar-refractivity contribution in [3.05, 3.63) is 65.8 Å². The van der Waals surface area contributed by atoms with Gasteiger partial charge in [0.25, 0.3) is 0 Å². The van der Waals surface area contributed by atoms with Gasteiger partial charge in [0.1, 0.15) is 0 Å². The van der Waals surface area contributed by atoms with Gasteiger partial charge in [-0.1, -0.05) is 49.1 Å². The van der Waals surface area contributed by atoms with Crippen molar-refractivity contribution in [3.8, 4) is 0 Å². The molecule has 0 fully saturated rings. The molecule has 0 aliphatic heterocycles. The van der Waals surface area contributed by atoms with Crippen LogP contribution < -0.4 is 0 Å². The average molecular weight is 224 g/mol. The second kappa shape index (κ2) is 4.34. The third-order valence-electron chi connectivity index (χ3n) is 2.72. The molecule has 84 valence electrons. The Morgan fingerprint density at radius 3 is 2.35 bits per heavy atom. The van der Waals surface area contributed by atoms with Gasteiger partial charge in [0.15, 0.2) is 0 Å². The van der Waals surface area contributed by atoms with Gasteiger partial charge >= 0.3 is 0 Å². The molecule has 2 rings (SSSR count). The van der Waals surface area contributed by atoms with Crippen molar-refractivity contribution in [3.63, 3.8) is 0 Å². The van der Waals surface area contributed by atoms with Gasteiger partial charge in [0, 0.05) is 11.1 Å². The fraction of sp³-hybridized carbons (Fsp3) is 0.0667. The Morgan fingerprint density at radius 1 is 1.06 bits per heavy atom. The first-order valence-corrected chi connectivity index (χ1v) is 5.37. The Kier molecular flexibility index (Phi) is 2.88. The van der Waals surface area contributed by atoms with Crippen molar-refractivity contribution in [2.75, 3.05) is 0 Å². The lowest BCUT2D eigenvalue weighted by Crippen LogP contribution is -2.23. The molecule has 0 atom stereocenters. The minimum atomic E-state index is -0.514. The van der Waals surface area contributed by atoms with Crippen LogP contribution in [0.15, 0.2) is 54.6 Å². The van der Waals surface area contributed by atoms with E-state index in [0.29, 0.717) is 5.56 Å². The van der Waals surface area contributed by atoms with Crippen molar-refractivity contribution in [1.82, 2.24) is 0 Å². The highest BCUT2D eigenvalue weighted by molar-refractivity contribution is 6.54. The molecule has 0 amide bonds. The summed E-state index contributed by atoms with van der Waals surface area (Å²) in [4.78, 5) is 23.5. The highest BCUT2D eigenvalue weighted by Crippen LogP contribution is 2.31. The van der Waals surface area contributed by atoms with Crippen molar-refractivity contribution in [2.45, 2.75) is 6.92 Å². The topological polar surface area (TPSA) is 34.1 Å². The SMILES string of the molecule is C=C1C(=O)C(=O)c2ccccc2/C1=C/C=C\C. The first kappa shape index (κ1) is 11.3. The van der Waals surface area contributed by atoms with Crippen LogP contribution in [0.25, 0.3) is 5.57 Å². The van der Waals surface area contributed by atoms with Gasteiger partial charge in [0.2, 0.25) is 11.6 Å². The highest BCUT2D eigenvalue weighted by Gasteiger charge is 2.30. The van der Waals surface area contributed by atoms with Crippen molar-refractivity contribution >= 4 is 17.1 Å². The summed E-state index contributed by atoms with van der Waals surface area (Å²) in [6.45, 7) is 5.60. The number of allylic oxidation sites excluding steroid dienone is 5. The Labute approximate surface area is 100.0 Å². The standard InChI is InChI=1S/C15H12O2/c1-3-4-7-11-10(2)14(16)15(17)13-9-6-5-8-12(11)13/h3-9H,2H2,1H3/b4-3-,11-7+. The maximum absolute atomic E-state index is 11.8. The first-order chi connectivity index (χ1) is 8.16. The average Bonchev–Trinajstić information content (AvgIpc) is 2.36. The lowest BCUT2D eigenvalue weighted by molar-refractivity contribution is -0.111. The number of fused-ring (bicyclic) bond motifs is 1. The zero-order valence-electron chi connectivity index (χ0n) is 9.57. The first-order valence-electron chi connectivity index (χ1n) is 5.37. The molecule has 0 unspecified atom stereocenters. The normalized spacial score (nSPS) is 17.9. The van der Waals surface area contributed by atoms with Gasteiger partial charge in [-0.15, -0.1) is 0 Å². The maximum Gasteiger partial charge on any atom is 0.234 e. The summed E-state index contributed by atoms with van der Waals surface area (Å²) < 4.78 is 0. The minimum absolute atomic E-state index is 0.270. The molecule has 0 aromatic heterocycles. The molecule has 17 heavy (non-hydrogen) atoms. The number of carbonyl (C=O) groups is 2. The van der Waals surface area contributed by atoms with Gasteiger partial charge in [-0.3, -0.25) is 9.59 Å². The van der Waals surface area contributed by atoms with E-state index in [1.54, 1.807) is 12.1 Å². The van der Waals surface area contributed by atoms with E-state index in [2.05, 4.69) is 6.58 Å². The minimum Gasteiger partial charge on any atom is -0.285 e. The summed E-state index contributed by atoms with van der Waals surface area (Å²) in [6, 6.07) is 7.11. The number of rotatable bonds is 1. The van der Waals surface area contributed by atoms with Crippen LogP contribution in [0.1, 0.15) is 22.8 Å². The predicted molar refractivity (Wildman–Crippen MR) is 67.7 cm³/mol. The summed E-state index contributed by atoms with van der Waals surface area (Å²) in [7, 11) is 0. The summed E-state index contributed by atoms with van der Waals surface area (Å²) in [5.41, 5.74) is 2.23. The Balaban J connectivity index is 2.69. The quantitative estimate of drug-likeness (QED) is 0.543. The number of ketones is 2.